The monoisotopic (exact) mass is 532 g/mol. The zero-order valence-electron chi connectivity index (χ0n) is 22.8. The third kappa shape index (κ3) is 14.9. The van der Waals surface area contributed by atoms with Gasteiger partial charge in [-0.2, -0.15) is 0 Å². The molecule has 0 aliphatic heterocycles. The van der Waals surface area contributed by atoms with Gasteiger partial charge in [0.2, 0.25) is 5.91 Å². The number of rotatable bonds is 10. The number of amides is 2. The maximum absolute atomic E-state index is 12.4. The van der Waals surface area contributed by atoms with E-state index in [-0.39, 0.29) is 5.92 Å². The Bertz CT molecular complexity index is 929. The molecule has 0 heterocycles. The van der Waals surface area contributed by atoms with Crippen molar-refractivity contribution in [2.24, 2.45) is 23.4 Å². The highest BCUT2D eigenvalue weighted by Crippen LogP contribution is 2.17. The van der Waals surface area contributed by atoms with E-state index in [1.807, 2.05) is 64.1 Å². The molecule has 0 aliphatic rings. The van der Waals surface area contributed by atoms with Crippen LogP contribution in [0.5, 0.6) is 0 Å². The number of aryl methyl sites for hydroxylation is 1. The summed E-state index contributed by atoms with van der Waals surface area (Å²) >= 11 is 4.13. The number of thiol groups is 1. The molecule has 0 aromatic heterocycles. The molecule has 1 unspecified atom stereocenters. The van der Waals surface area contributed by atoms with Crippen molar-refractivity contribution in [3.05, 3.63) is 71.6 Å². The van der Waals surface area contributed by atoms with Crippen molar-refractivity contribution in [1.82, 2.24) is 15.8 Å². The predicted octanol–water partition coefficient (Wildman–Crippen LogP) is 3.80. The smallest absolute Gasteiger partial charge is 0.255 e. The summed E-state index contributed by atoms with van der Waals surface area (Å²) < 4.78 is 0. The van der Waals surface area contributed by atoms with Gasteiger partial charge >= 0.3 is 0 Å². The first kappa shape index (κ1) is 34.0. The quantitative estimate of drug-likeness (QED) is 0.0810. The zero-order chi connectivity index (χ0) is 28.4. The molecule has 0 spiro atoms. The van der Waals surface area contributed by atoms with Crippen LogP contribution in [-0.2, 0) is 16.1 Å². The van der Waals surface area contributed by atoms with Crippen molar-refractivity contribution in [3.63, 3.8) is 0 Å². The average Bonchev–Trinajstić information content (AvgIpc) is 2.86. The molecule has 10 heteroatoms. The Hall–Kier alpha value is -3.05. The summed E-state index contributed by atoms with van der Waals surface area (Å²) in [5.41, 5.74) is 10.7. The minimum Gasteiger partial charge on any atom is -0.400 e. The van der Waals surface area contributed by atoms with E-state index < -0.39 is 17.7 Å². The number of carbonyl (C=O) groups is 2. The van der Waals surface area contributed by atoms with Gasteiger partial charge in [0, 0.05) is 29.0 Å². The summed E-state index contributed by atoms with van der Waals surface area (Å²) in [6.45, 7) is 10.8. The molecule has 2 aromatic carbocycles. The number of carbonyl (C=O) groups excluding carboxylic acids is 2. The second-order valence-electron chi connectivity index (χ2n) is 8.59. The minimum absolute atomic E-state index is 0.124. The van der Waals surface area contributed by atoms with E-state index in [0.29, 0.717) is 30.9 Å². The number of nitrogens with one attached hydrogen (secondary N) is 3. The number of likely N-dealkylation sites (N-methyl/N-ethyl adjacent to an activating group) is 1. The van der Waals surface area contributed by atoms with Gasteiger partial charge in [-0.25, -0.2) is 11.3 Å². The summed E-state index contributed by atoms with van der Waals surface area (Å²) in [4.78, 5) is 25.1. The molecule has 0 fully saturated rings. The van der Waals surface area contributed by atoms with Crippen molar-refractivity contribution >= 4 is 30.1 Å². The highest BCUT2D eigenvalue weighted by atomic mass is 32.1. The Labute approximate surface area is 227 Å². The number of anilines is 1. The maximum atomic E-state index is 12.4. The third-order valence-corrected chi connectivity index (χ3v) is 5.08. The van der Waals surface area contributed by atoms with Crippen LogP contribution in [0, 0.1) is 18.8 Å². The summed E-state index contributed by atoms with van der Waals surface area (Å²) in [7, 11) is 1.80. The minimum atomic E-state index is -0.963. The van der Waals surface area contributed by atoms with Gasteiger partial charge < -0.3 is 21.4 Å². The molecule has 0 aliphatic carbocycles. The van der Waals surface area contributed by atoms with Crippen LogP contribution in [0.15, 0.2) is 65.3 Å². The standard InChI is InChI=1S/C18H30N6O3.C7H8S.C2H6/c1-12(2)8-16(18(26)23-27)17(25)22-15-6-4-13(5-7-15)10-24(20)11-14(19)9-21-3;1-6-2-4-7(8)5-3-6;1-2/h4-7,11-12,16,21,27H,8-10,19-20H2,1-3H3,(H,22,25)(H,23,26);2-5,8H,1H3;1-2H3/b14-11-;;. The van der Waals surface area contributed by atoms with Crippen LogP contribution in [0.1, 0.15) is 45.2 Å². The van der Waals surface area contributed by atoms with Crippen LogP contribution in [0.3, 0.4) is 0 Å². The van der Waals surface area contributed by atoms with Crippen LogP contribution in [0.25, 0.3) is 0 Å². The first-order chi connectivity index (χ1) is 17.5. The van der Waals surface area contributed by atoms with Crippen molar-refractivity contribution in [2.45, 2.75) is 52.5 Å². The topological polar surface area (TPSA) is 146 Å². The third-order valence-electron chi connectivity index (χ3n) is 4.78. The molecule has 2 rings (SSSR count). The number of hydrazine groups is 1. The summed E-state index contributed by atoms with van der Waals surface area (Å²) in [6, 6.07) is 15.2. The lowest BCUT2D eigenvalue weighted by Crippen LogP contribution is -2.37. The molecule has 2 amide bonds. The fourth-order valence-corrected chi connectivity index (χ4v) is 3.22. The van der Waals surface area contributed by atoms with Crippen LogP contribution >= 0.6 is 12.6 Å². The Kier molecular flexibility index (Phi) is 17.5. The fraction of sp³-hybridized carbons (Fsp3) is 0.407. The van der Waals surface area contributed by atoms with E-state index in [9.17, 15) is 9.59 Å². The Morgan fingerprint density at radius 3 is 2.08 bits per heavy atom. The first-order valence-electron chi connectivity index (χ1n) is 12.3. The Morgan fingerprint density at radius 1 is 1.05 bits per heavy atom. The molecule has 2 aromatic rings. The van der Waals surface area contributed by atoms with Crippen LogP contribution < -0.4 is 27.7 Å². The van der Waals surface area contributed by atoms with E-state index in [0.717, 1.165) is 10.5 Å². The fourth-order valence-electron chi connectivity index (χ4n) is 3.07. The maximum Gasteiger partial charge on any atom is 0.255 e. The Balaban J connectivity index is 0.00000108. The van der Waals surface area contributed by atoms with E-state index in [2.05, 4.69) is 30.2 Å². The van der Waals surface area contributed by atoms with E-state index in [1.165, 1.54) is 10.6 Å². The molecule has 206 valence electrons. The molecule has 9 nitrogen and oxygen atoms in total. The molecule has 0 radical (unpaired) electrons. The average molecular weight is 533 g/mol. The highest BCUT2D eigenvalue weighted by molar-refractivity contribution is 7.80. The number of hydroxylamine groups is 1. The summed E-state index contributed by atoms with van der Waals surface area (Å²) in [5.74, 6) is 3.88. The van der Waals surface area contributed by atoms with Crippen molar-refractivity contribution in [2.75, 3.05) is 18.9 Å². The number of benzene rings is 2. The zero-order valence-corrected chi connectivity index (χ0v) is 23.7. The highest BCUT2D eigenvalue weighted by Gasteiger charge is 2.27. The molecule has 37 heavy (non-hydrogen) atoms. The largest absolute Gasteiger partial charge is 0.400 e. The van der Waals surface area contributed by atoms with Crippen molar-refractivity contribution in [3.8, 4) is 0 Å². The van der Waals surface area contributed by atoms with Gasteiger partial charge in [-0.1, -0.05) is 57.5 Å². The SMILES string of the molecule is CC.CNC/C(N)=C/N(N)Cc1ccc(NC(=O)C(CC(C)C)C(=O)NO)cc1.Cc1ccc(S)cc1. The lowest BCUT2D eigenvalue weighted by atomic mass is 9.95. The number of nitrogens with two attached hydrogens (primary N) is 2. The lowest BCUT2D eigenvalue weighted by Gasteiger charge is -2.17. The summed E-state index contributed by atoms with van der Waals surface area (Å²) in [5, 5.41) is 15.9. The van der Waals surface area contributed by atoms with Crippen LogP contribution in [0.4, 0.5) is 5.69 Å². The predicted molar refractivity (Wildman–Crippen MR) is 154 cm³/mol. The molecule has 8 N–H and O–H groups in total. The van der Waals surface area contributed by atoms with Gasteiger partial charge in [0.1, 0.15) is 5.92 Å². The molecule has 0 saturated heterocycles. The van der Waals surface area contributed by atoms with E-state index in [1.54, 1.807) is 30.9 Å². The lowest BCUT2D eigenvalue weighted by molar-refractivity contribution is -0.139. The van der Waals surface area contributed by atoms with Gasteiger partial charge in [0.15, 0.2) is 0 Å². The molecular formula is C27H44N6O3S. The van der Waals surface area contributed by atoms with Gasteiger partial charge in [0.25, 0.3) is 5.91 Å². The van der Waals surface area contributed by atoms with Crippen LogP contribution in [-0.4, -0.2) is 35.6 Å². The van der Waals surface area contributed by atoms with Crippen LogP contribution in [0.2, 0.25) is 0 Å². The molecule has 0 bridgehead atoms. The second kappa shape index (κ2) is 19.1. The Morgan fingerprint density at radius 2 is 1.62 bits per heavy atom. The van der Waals surface area contributed by atoms with Crippen molar-refractivity contribution < 1.29 is 14.8 Å². The number of nitrogens with zero attached hydrogens (tertiary/aromatic N) is 1. The van der Waals surface area contributed by atoms with Crippen molar-refractivity contribution in [1.29, 1.82) is 0 Å². The van der Waals surface area contributed by atoms with E-state index in [4.69, 9.17) is 16.8 Å². The molecule has 1 atom stereocenters. The van der Waals surface area contributed by atoms with Gasteiger partial charge in [-0.05, 0) is 56.1 Å². The van der Waals surface area contributed by atoms with E-state index >= 15 is 0 Å². The van der Waals surface area contributed by atoms with Gasteiger partial charge in [0.05, 0.1) is 6.54 Å². The first-order valence-corrected chi connectivity index (χ1v) is 12.7. The van der Waals surface area contributed by atoms with Gasteiger partial charge in [-0.3, -0.25) is 14.8 Å². The summed E-state index contributed by atoms with van der Waals surface area (Å²) in [6.07, 6.45) is 1.98. The van der Waals surface area contributed by atoms with Gasteiger partial charge in [-0.15, -0.1) is 12.6 Å². The molecule has 0 saturated carbocycles. The number of hydrogen-bond acceptors (Lipinski definition) is 8. The second-order valence-corrected chi connectivity index (χ2v) is 9.10. The normalized spacial score (nSPS) is 11.4. The molecular weight excluding hydrogens is 488 g/mol. The number of hydrogen-bond donors (Lipinski definition) is 7.